The number of carbonyl (C=O) groups excluding carboxylic acids is 1. The number of hydrogen-bond acceptors (Lipinski definition) is 5. The Kier molecular flexibility index (Phi) is 13.7. The first-order chi connectivity index (χ1) is 11.1. The molecule has 0 spiro atoms. The maximum atomic E-state index is 12.3. The Morgan fingerprint density at radius 3 is 1.78 bits per heavy atom. The molecule has 0 saturated heterocycles. The summed E-state index contributed by atoms with van der Waals surface area (Å²) in [4.78, 5) is 12.3. The molecule has 0 fully saturated rings. The highest BCUT2D eigenvalue weighted by molar-refractivity contribution is 6.66. The van der Waals surface area contributed by atoms with Crippen molar-refractivity contribution >= 4 is 14.8 Å². The van der Waals surface area contributed by atoms with E-state index in [1.807, 2.05) is 20.8 Å². The molecule has 0 amide bonds. The third-order valence-corrected chi connectivity index (χ3v) is 7.03. The van der Waals surface area contributed by atoms with Gasteiger partial charge in [-0.25, -0.2) is 0 Å². The second-order valence-electron chi connectivity index (χ2n) is 5.56. The van der Waals surface area contributed by atoms with Gasteiger partial charge in [-0.3, -0.25) is 4.79 Å². The van der Waals surface area contributed by atoms with Crippen LogP contribution in [-0.2, 0) is 22.8 Å². The smallest absolute Gasteiger partial charge is 0.465 e. The number of rotatable bonds is 15. The van der Waals surface area contributed by atoms with E-state index in [0.29, 0.717) is 26.4 Å². The average Bonchev–Trinajstić information content (AvgIpc) is 2.53. The molecule has 0 N–H and O–H groups in total. The van der Waals surface area contributed by atoms with Gasteiger partial charge < -0.3 is 18.0 Å². The SMILES string of the molecule is CCCCCCCCOC(=O)C(C)[Si](OCC)(OCC)OCC. The van der Waals surface area contributed by atoms with E-state index in [-0.39, 0.29) is 5.97 Å². The monoisotopic (exact) mass is 348 g/mol. The minimum atomic E-state index is -3.02. The molecule has 0 aromatic carbocycles. The molecule has 1 unspecified atom stereocenters. The third-order valence-electron chi connectivity index (χ3n) is 3.66. The van der Waals surface area contributed by atoms with E-state index in [9.17, 15) is 4.79 Å². The first-order valence-electron chi connectivity index (χ1n) is 9.16. The number of esters is 1. The van der Waals surface area contributed by atoms with Crippen molar-refractivity contribution in [2.75, 3.05) is 26.4 Å². The zero-order valence-electron chi connectivity index (χ0n) is 15.7. The normalized spacial score (nSPS) is 13.1. The molecule has 23 heavy (non-hydrogen) atoms. The van der Waals surface area contributed by atoms with Crippen molar-refractivity contribution in [3.05, 3.63) is 0 Å². The van der Waals surface area contributed by atoms with E-state index < -0.39 is 14.3 Å². The fourth-order valence-corrected chi connectivity index (χ4v) is 5.01. The fourth-order valence-electron chi connectivity index (χ4n) is 2.43. The summed E-state index contributed by atoms with van der Waals surface area (Å²) in [5.41, 5.74) is -0.498. The highest BCUT2D eigenvalue weighted by Gasteiger charge is 2.51. The molecule has 138 valence electrons. The summed E-state index contributed by atoms with van der Waals surface area (Å²) in [6.07, 6.45) is 7.00. The minimum absolute atomic E-state index is 0.277. The van der Waals surface area contributed by atoms with Gasteiger partial charge in [0.2, 0.25) is 0 Å². The maximum Gasteiger partial charge on any atom is 0.515 e. The number of ether oxygens (including phenoxy) is 1. The Morgan fingerprint density at radius 1 is 0.826 bits per heavy atom. The van der Waals surface area contributed by atoms with Crippen molar-refractivity contribution < 1.29 is 22.8 Å². The van der Waals surface area contributed by atoms with Crippen LogP contribution in [0.3, 0.4) is 0 Å². The summed E-state index contributed by atoms with van der Waals surface area (Å²) in [7, 11) is -3.02. The summed E-state index contributed by atoms with van der Waals surface area (Å²) in [5, 5.41) is 0. The molecule has 0 aliphatic rings. The van der Waals surface area contributed by atoms with E-state index in [1.165, 1.54) is 25.7 Å². The first kappa shape index (κ1) is 22.6. The average molecular weight is 349 g/mol. The van der Waals surface area contributed by atoms with E-state index >= 15 is 0 Å². The van der Waals surface area contributed by atoms with Crippen LogP contribution in [0.25, 0.3) is 0 Å². The molecule has 0 radical (unpaired) electrons. The Labute approximate surface area is 143 Å². The first-order valence-corrected chi connectivity index (χ1v) is 11.0. The van der Waals surface area contributed by atoms with Gasteiger partial charge in [0.25, 0.3) is 0 Å². The molecule has 1 atom stereocenters. The van der Waals surface area contributed by atoms with Crippen molar-refractivity contribution in [3.63, 3.8) is 0 Å². The molecular weight excluding hydrogens is 312 g/mol. The lowest BCUT2D eigenvalue weighted by atomic mass is 10.1. The number of hydrogen-bond donors (Lipinski definition) is 0. The van der Waals surface area contributed by atoms with Gasteiger partial charge in [-0.15, -0.1) is 0 Å². The lowest BCUT2D eigenvalue weighted by Crippen LogP contribution is -2.52. The van der Waals surface area contributed by atoms with Crippen LogP contribution in [0.15, 0.2) is 0 Å². The van der Waals surface area contributed by atoms with Gasteiger partial charge in [0.15, 0.2) is 0 Å². The topological polar surface area (TPSA) is 54.0 Å². The highest BCUT2D eigenvalue weighted by atomic mass is 28.4. The lowest BCUT2D eigenvalue weighted by molar-refractivity contribution is -0.145. The van der Waals surface area contributed by atoms with Gasteiger partial charge in [0.05, 0.1) is 6.61 Å². The van der Waals surface area contributed by atoms with Crippen LogP contribution in [0.1, 0.15) is 73.1 Å². The summed E-state index contributed by atoms with van der Waals surface area (Å²) in [5.74, 6) is -0.277. The van der Waals surface area contributed by atoms with E-state index in [1.54, 1.807) is 6.92 Å². The second-order valence-corrected chi connectivity index (χ2v) is 8.50. The zero-order valence-corrected chi connectivity index (χ0v) is 16.7. The Hall–Kier alpha value is -0.433. The van der Waals surface area contributed by atoms with Crippen molar-refractivity contribution in [1.82, 2.24) is 0 Å². The van der Waals surface area contributed by atoms with Crippen molar-refractivity contribution in [1.29, 1.82) is 0 Å². The molecule has 0 aromatic rings. The van der Waals surface area contributed by atoms with Gasteiger partial charge in [-0.1, -0.05) is 39.0 Å². The second kappa shape index (κ2) is 14.0. The Balaban J connectivity index is 4.33. The molecule has 6 heteroatoms. The van der Waals surface area contributed by atoms with Crippen molar-refractivity contribution in [3.8, 4) is 0 Å². The molecule has 0 aliphatic carbocycles. The Morgan fingerprint density at radius 2 is 1.30 bits per heavy atom. The summed E-state index contributed by atoms with van der Waals surface area (Å²) >= 11 is 0. The molecule has 0 aliphatic heterocycles. The molecule has 0 saturated carbocycles. The van der Waals surface area contributed by atoms with Gasteiger partial charge >= 0.3 is 14.8 Å². The quantitative estimate of drug-likeness (QED) is 0.250. The van der Waals surface area contributed by atoms with E-state index in [2.05, 4.69) is 6.92 Å². The zero-order chi connectivity index (χ0) is 17.6. The summed E-state index contributed by atoms with van der Waals surface area (Å²) in [6, 6.07) is 0. The van der Waals surface area contributed by atoms with E-state index in [4.69, 9.17) is 18.0 Å². The molecule has 0 aromatic heterocycles. The minimum Gasteiger partial charge on any atom is -0.465 e. The standard InChI is InChI=1S/C17H36O5Si/c1-6-10-11-12-13-14-15-19-17(18)16(5)23(20-7-2,21-8-3)22-9-4/h16H,6-15H2,1-5H3. The van der Waals surface area contributed by atoms with Crippen LogP contribution in [-0.4, -0.2) is 41.2 Å². The molecular formula is C17H36O5Si. The predicted molar refractivity (Wildman–Crippen MR) is 94.4 cm³/mol. The van der Waals surface area contributed by atoms with Gasteiger partial charge in [0, 0.05) is 19.8 Å². The van der Waals surface area contributed by atoms with Gasteiger partial charge in [-0.05, 0) is 34.1 Å². The maximum absolute atomic E-state index is 12.3. The molecule has 0 rings (SSSR count). The van der Waals surface area contributed by atoms with Gasteiger partial charge in [-0.2, -0.15) is 0 Å². The predicted octanol–water partition coefficient (Wildman–Crippen LogP) is 4.33. The molecule has 0 heterocycles. The summed E-state index contributed by atoms with van der Waals surface area (Å²) in [6.45, 7) is 11.5. The van der Waals surface area contributed by atoms with Crippen LogP contribution in [0.5, 0.6) is 0 Å². The summed E-state index contributed by atoms with van der Waals surface area (Å²) < 4.78 is 22.7. The van der Waals surface area contributed by atoms with Gasteiger partial charge in [0.1, 0.15) is 5.54 Å². The van der Waals surface area contributed by atoms with Crippen molar-refractivity contribution in [2.45, 2.75) is 78.7 Å². The fraction of sp³-hybridized carbons (Fsp3) is 0.941. The molecule has 5 nitrogen and oxygen atoms in total. The molecule has 0 bridgehead atoms. The third kappa shape index (κ3) is 8.84. The van der Waals surface area contributed by atoms with E-state index in [0.717, 1.165) is 12.8 Å². The van der Waals surface area contributed by atoms with Crippen LogP contribution >= 0.6 is 0 Å². The Bertz CT molecular complexity index is 282. The lowest BCUT2D eigenvalue weighted by Gasteiger charge is -2.32. The number of carbonyl (C=O) groups is 1. The van der Waals surface area contributed by atoms with Crippen LogP contribution in [0.2, 0.25) is 5.54 Å². The highest BCUT2D eigenvalue weighted by Crippen LogP contribution is 2.27. The number of unbranched alkanes of at least 4 members (excludes halogenated alkanes) is 5. The van der Waals surface area contributed by atoms with Crippen LogP contribution < -0.4 is 0 Å². The van der Waals surface area contributed by atoms with Crippen molar-refractivity contribution in [2.24, 2.45) is 0 Å². The largest absolute Gasteiger partial charge is 0.515 e. The van der Waals surface area contributed by atoms with Crippen LogP contribution in [0.4, 0.5) is 0 Å². The van der Waals surface area contributed by atoms with Crippen LogP contribution in [0, 0.1) is 0 Å².